The Kier molecular flexibility index (Phi) is 5.82. The first kappa shape index (κ1) is 27.5. The fourth-order valence-corrected chi connectivity index (χ4v) is 9.17. The molecule has 0 radical (unpaired) electrons. The quantitative estimate of drug-likeness (QED) is 0.187. The van der Waals surface area contributed by atoms with Crippen LogP contribution in [0, 0.1) is 0 Å². The largest absolute Gasteiger partial charge is 0.310 e. The fraction of sp³-hybridized carbons (Fsp3) is 0.0667. The third-order valence-corrected chi connectivity index (χ3v) is 11.5. The van der Waals surface area contributed by atoms with Crippen molar-refractivity contribution in [3.8, 4) is 16.8 Å². The number of benzene rings is 7. The molecule has 1 aliphatic rings. The van der Waals surface area contributed by atoms with Crippen LogP contribution in [0.2, 0.25) is 0 Å². The van der Waals surface area contributed by atoms with Crippen LogP contribution in [-0.2, 0) is 5.41 Å². The Balaban J connectivity index is 1.16. The Morgan fingerprint density at radius 2 is 1.02 bits per heavy atom. The van der Waals surface area contributed by atoms with Gasteiger partial charge in [-0.15, -0.1) is 11.3 Å². The van der Waals surface area contributed by atoms with Gasteiger partial charge in [-0.1, -0.05) is 98.8 Å². The van der Waals surface area contributed by atoms with Gasteiger partial charge in [0, 0.05) is 59.1 Å². The number of rotatable bonds is 4. The van der Waals surface area contributed by atoms with E-state index < -0.39 is 0 Å². The second-order valence-electron chi connectivity index (χ2n) is 13.4. The number of fused-ring (bicyclic) bond motifs is 9. The predicted octanol–water partition coefficient (Wildman–Crippen LogP) is 12.9. The molecule has 0 saturated heterocycles. The number of thiophene rings is 1. The van der Waals surface area contributed by atoms with E-state index >= 15 is 0 Å². The highest BCUT2D eigenvalue weighted by Crippen LogP contribution is 2.51. The molecule has 0 amide bonds. The van der Waals surface area contributed by atoms with Crippen molar-refractivity contribution in [1.29, 1.82) is 0 Å². The lowest BCUT2D eigenvalue weighted by Gasteiger charge is -2.28. The van der Waals surface area contributed by atoms with Crippen molar-refractivity contribution in [2.75, 3.05) is 4.90 Å². The highest BCUT2D eigenvalue weighted by atomic mass is 32.1. The van der Waals surface area contributed by atoms with E-state index in [0.717, 1.165) is 22.7 Å². The average Bonchev–Trinajstić information content (AvgIpc) is 3.75. The number of hydrogen-bond donors (Lipinski definition) is 0. The van der Waals surface area contributed by atoms with Gasteiger partial charge in [0.25, 0.3) is 0 Å². The normalized spacial score (nSPS) is 13.4. The molecule has 2 nitrogen and oxygen atoms in total. The first-order valence-electron chi connectivity index (χ1n) is 16.6. The van der Waals surface area contributed by atoms with Crippen molar-refractivity contribution in [1.82, 2.24) is 4.57 Å². The Morgan fingerprint density at radius 1 is 0.458 bits per heavy atom. The van der Waals surface area contributed by atoms with Gasteiger partial charge >= 0.3 is 0 Å². The highest BCUT2D eigenvalue weighted by Gasteiger charge is 2.35. The molecule has 228 valence electrons. The summed E-state index contributed by atoms with van der Waals surface area (Å²) < 4.78 is 5.02. The Bertz CT molecular complexity index is 2650. The molecule has 0 atom stereocenters. The van der Waals surface area contributed by atoms with Crippen molar-refractivity contribution >= 4 is 70.4 Å². The zero-order chi connectivity index (χ0) is 32.0. The Labute approximate surface area is 283 Å². The Hall–Kier alpha value is -5.64. The zero-order valence-corrected chi connectivity index (χ0v) is 27.6. The van der Waals surface area contributed by atoms with Crippen molar-refractivity contribution in [3.63, 3.8) is 0 Å². The minimum atomic E-state index is -0.0818. The van der Waals surface area contributed by atoms with Crippen molar-refractivity contribution in [2.24, 2.45) is 0 Å². The topological polar surface area (TPSA) is 8.17 Å². The van der Waals surface area contributed by atoms with Crippen molar-refractivity contribution < 1.29 is 0 Å². The van der Waals surface area contributed by atoms with Crippen LogP contribution < -0.4 is 4.90 Å². The molecule has 0 saturated carbocycles. The van der Waals surface area contributed by atoms with E-state index in [1.807, 2.05) is 11.3 Å². The van der Waals surface area contributed by atoms with Crippen molar-refractivity contribution in [3.05, 3.63) is 169 Å². The van der Waals surface area contributed by atoms with Crippen LogP contribution in [0.5, 0.6) is 0 Å². The molecule has 3 heteroatoms. The van der Waals surface area contributed by atoms with Gasteiger partial charge in [-0.25, -0.2) is 0 Å². The summed E-state index contributed by atoms with van der Waals surface area (Å²) in [6.45, 7) is 4.71. The molecule has 0 spiro atoms. The van der Waals surface area contributed by atoms with Gasteiger partial charge in [0.05, 0.1) is 11.0 Å². The van der Waals surface area contributed by atoms with Crippen LogP contribution in [0.1, 0.15) is 25.0 Å². The Morgan fingerprint density at radius 3 is 1.79 bits per heavy atom. The van der Waals surface area contributed by atoms with Gasteiger partial charge in [-0.3, -0.25) is 0 Å². The number of anilines is 3. The summed E-state index contributed by atoms with van der Waals surface area (Å²) in [4.78, 5) is 2.43. The molecule has 0 unspecified atom stereocenters. The van der Waals surface area contributed by atoms with E-state index in [0.29, 0.717) is 0 Å². The minimum Gasteiger partial charge on any atom is -0.310 e. The van der Waals surface area contributed by atoms with Crippen LogP contribution in [0.4, 0.5) is 17.1 Å². The molecule has 0 N–H and O–H groups in total. The SMILES string of the molecule is CC1(C)c2ccccc2-c2ccc(N(c3ccc(-n4c5ccccc5c5ccccc54)cc3)c3ccc4sc5ccccc5c4c3)cc21. The lowest BCUT2D eigenvalue weighted by Crippen LogP contribution is -2.16. The van der Waals surface area contributed by atoms with E-state index in [9.17, 15) is 0 Å². The molecular weight excluding hydrogens is 601 g/mol. The predicted molar refractivity (Wildman–Crippen MR) is 206 cm³/mol. The van der Waals surface area contributed by atoms with E-state index in [-0.39, 0.29) is 5.41 Å². The lowest BCUT2D eigenvalue weighted by molar-refractivity contribution is 0.660. The molecule has 0 bridgehead atoms. The molecule has 2 heterocycles. The van der Waals surface area contributed by atoms with Crippen LogP contribution >= 0.6 is 11.3 Å². The van der Waals surface area contributed by atoms with E-state index in [4.69, 9.17) is 0 Å². The standard InChI is InChI=1S/C45H32N2S/c1-45(2)39-15-7-3-11-33(39)34-25-23-32(28-40(34)45)46(31-24-26-44-38(27-31)37-14-6-10-18-43(37)48-44)29-19-21-30(22-20-29)47-41-16-8-4-12-35(41)36-13-5-9-17-42(36)47/h3-28H,1-2H3. The molecule has 1 aliphatic carbocycles. The summed E-state index contributed by atoms with van der Waals surface area (Å²) in [6.07, 6.45) is 0. The maximum Gasteiger partial charge on any atom is 0.0541 e. The summed E-state index contributed by atoms with van der Waals surface area (Å²) in [5.74, 6) is 0. The molecule has 9 aromatic rings. The van der Waals surface area contributed by atoms with Gasteiger partial charge in [0.1, 0.15) is 0 Å². The minimum absolute atomic E-state index is 0.0818. The van der Waals surface area contributed by atoms with Crippen LogP contribution in [0.15, 0.2) is 158 Å². The average molecular weight is 633 g/mol. The smallest absolute Gasteiger partial charge is 0.0541 e. The fourth-order valence-electron chi connectivity index (χ4n) is 8.08. The summed E-state index contributed by atoms with van der Waals surface area (Å²) in [7, 11) is 0. The lowest BCUT2D eigenvalue weighted by atomic mass is 9.82. The second kappa shape index (κ2) is 10.2. The van der Waals surface area contributed by atoms with E-state index in [1.54, 1.807) is 0 Å². The van der Waals surface area contributed by atoms with Crippen LogP contribution in [-0.4, -0.2) is 4.57 Å². The number of nitrogens with zero attached hydrogens (tertiary/aromatic N) is 2. The second-order valence-corrected chi connectivity index (χ2v) is 14.5. The van der Waals surface area contributed by atoms with Gasteiger partial charge in [-0.2, -0.15) is 0 Å². The monoisotopic (exact) mass is 632 g/mol. The molecule has 0 aliphatic heterocycles. The number of para-hydroxylation sites is 2. The summed E-state index contributed by atoms with van der Waals surface area (Å²) in [5.41, 5.74) is 12.4. The van der Waals surface area contributed by atoms with Gasteiger partial charge in [0.2, 0.25) is 0 Å². The molecule has 7 aromatic carbocycles. The van der Waals surface area contributed by atoms with Crippen LogP contribution in [0.3, 0.4) is 0 Å². The summed E-state index contributed by atoms with van der Waals surface area (Å²) in [5, 5.41) is 5.16. The van der Waals surface area contributed by atoms with Gasteiger partial charge in [0.15, 0.2) is 0 Å². The molecule has 10 rings (SSSR count). The first-order valence-corrected chi connectivity index (χ1v) is 17.4. The summed E-state index contributed by atoms with van der Waals surface area (Å²) >= 11 is 1.86. The number of aromatic nitrogens is 1. The van der Waals surface area contributed by atoms with Crippen LogP contribution in [0.25, 0.3) is 58.8 Å². The number of hydrogen-bond acceptors (Lipinski definition) is 2. The first-order chi connectivity index (χ1) is 23.6. The molecular formula is C45H32N2S. The maximum absolute atomic E-state index is 2.43. The molecule has 2 aromatic heterocycles. The van der Waals surface area contributed by atoms with E-state index in [1.165, 1.54) is 64.2 Å². The zero-order valence-electron chi connectivity index (χ0n) is 26.8. The molecule has 0 fully saturated rings. The van der Waals surface area contributed by atoms with E-state index in [2.05, 4.69) is 181 Å². The highest BCUT2D eigenvalue weighted by molar-refractivity contribution is 7.25. The third-order valence-electron chi connectivity index (χ3n) is 10.4. The maximum atomic E-state index is 2.43. The third kappa shape index (κ3) is 3.92. The molecule has 48 heavy (non-hydrogen) atoms. The van der Waals surface area contributed by atoms with Gasteiger partial charge < -0.3 is 9.47 Å². The van der Waals surface area contributed by atoms with Crippen molar-refractivity contribution in [2.45, 2.75) is 19.3 Å². The summed E-state index contributed by atoms with van der Waals surface area (Å²) in [6, 6.07) is 58.1. The van der Waals surface area contributed by atoms with Gasteiger partial charge in [-0.05, 0) is 95.1 Å².